The molecular formula is C18H20ClNO. The standard InChI is InChI=1S/C18H20ClNO/c1-13(12-20-16-8-9-16)21-18-10-7-15(11-17(18)19)14-5-3-2-4-6-14/h2-7,10-11,13,16,20H,8-9,12H2,1H3. The second-order valence-corrected chi connectivity index (χ2v) is 6.03. The topological polar surface area (TPSA) is 21.3 Å². The predicted octanol–water partition coefficient (Wildman–Crippen LogP) is 4.53. The van der Waals surface area contributed by atoms with Crippen LogP contribution in [0.25, 0.3) is 11.1 Å². The number of hydrogen-bond acceptors (Lipinski definition) is 2. The van der Waals surface area contributed by atoms with Gasteiger partial charge < -0.3 is 10.1 Å². The Hall–Kier alpha value is -1.51. The van der Waals surface area contributed by atoms with Gasteiger partial charge in [-0.25, -0.2) is 0 Å². The van der Waals surface area contributed by atoms with Crippen molar-refractivity contribution in [3.63, 3.8) is 0 Å². The highest BCUT2D eigenvalue weighted by atomic mass is 35.5. The molecule has 1 fully saturated rings. The molecule has 1 saturated carbocycles. The van der Waals surface area contributed by atoms with Gasteiger partial charge in [0.25, 0.3) is 0 Å². The minimum Gasteiger partial charge on any atom is -0.488 e. The largest absolute Gasteiger partial charge is 0.488 e. The van der Waals surface area contributed by atoms with Gasteiger partial charge in [-0.3, -0.25) is 0 Å². The van der Waals surface area contributed by atoms with Crippen LogP contribution in [0.15, 0.2) is 48.5 Å². The minimum absolute atomic E-state index is 0.116. The van der Waals surface area contributed by atoms with Crippen molar-refractivity contribution in [2.75, 3.05) is 6.54 Å². The van der Waals surface area contributed by atoms with E-state index in [-0.39, 0.29) is 6.10 Å². The van der Waals surface area contributed by atoms with Gasteiger partial charge >= 0.3 is 0 Å². The zero-order valence-corrected chi connectivity index (χ0v) is 12.9. The van der Waals surface area contributed by atoms with Crippen molar-refractivity contribution in [2.24, 2.45) is 0 Å². The fourth-order valence-electron chi connectivity index (χ4n) is 2.29. The molecule has 110 valence electrons. The SMILES string of the molecule is CC(CNC1CC1)Oc1ccc(-c2ccccc2)cc1Cl. The van der Waals surface area contributed by atoms with E-state index in [9.17, 15) is 0 Å². The van der Waals surface area contributed by atoms with Crippen LogP contribution in [0.5, 0.6) is 5.75 Å². The highest BCUT2D eigenvalue weighted by molar-refractivity contribution is 6.32. The Morgan fingerprint density at radius 3 is 2.57 bits per heavy atom. The fraction of sp³-hybridized carbons (Fsp3) is 0.333. The van der Waals surface area contributed by atoms with Crippen molar-refractivity contribution in [3.8, 4) is 16.9 Å². The van der Waals surface area contributed by atoms with Crippen LogP contribution in [0.4, 0.5) is 0 Å². The molecule has 0 saturated heterocycles. The van der Waals surface area contributed by atoms with Gasteiger partial charge in [0.2, 0.25) is 0 Å². The Morgan fingerprint density at radius 1 is 1.14 bits per heavy atom. The quantitative estimate of drug-likeness (QED) is 0.846. The summed E-state index contributed by atoms with van der Waals surface area (Å²) in [5, 5.41) is 4.13. The summed E-state index contributed by atoms with van der Waals surface area (Å²) in [4.78, 5) is 0. The second-order valence-electron chi connectivity index (χ2n) is 5.62. The molecule has 2 aromatic rings. The van der Waals surface area contributed by atoms with Gasteiger partial charge in [-0.1, -0.05) is 48.0 Å². The third kappa shape index (κ3) is 3.99. The second kappa shape index (κ2) is 6.50. The van der Waals surface area contributed by atoms with Crippen molar-refractivity contribution in [2.45, 2.75) is 31.9 Å². The van der Waals surface area contributed by atoms with Gasteiger partial charge in [-0.15, -0.1) is 0 Å². The van der Waals surface area contributed by atoms with E-state index in [2.05, 4.69) is 30.4 Å². The van der Waals surface area contributed by atoms with Crippen LogP contribution in [-0.4, -0.2) is 18.7 Å². The number of benzene rings is 2. The van der Waals surface area contributed by atoms with E-state index >= 15 is 0 Å². The lowest BCUT2D eigenvalue weighted by Gasteiger charge is -2.17. The molecule has 0 aromatic heterocycles. The molecule has 2 nitrogen and oxygen atoms in total. The average molecular weight is 302 g/mol. The van der Waals surface area contributed by atoms with Gasteiger partial charge in [0.15, 0.2) is 0 Å². The lowest BCUT2D eigenvalue weighted by Crippen LogP contribution is -2.30. The molecule has 0 amide bonds. The van der Waals surface area contributed by atoms with Crippen molar-refractivity contribution >= 4 is 11.6 Å². The predicted molar refractivity (Wildman–Crippen MR) is 88.0 cm³/mol. The highest BCUT2D eigenvalue weighted by Gasteiger charge is 2.21. The van der Waals surface area contributed by atoms with E-state index < -0.39 is 0 Å². The normalized spacial score (nSPS) is 15.7. The van der Waals surface area contributed by atoms with Crippen LogP contribution in [0.3, 0.4) is 0 Å². The number of ether oxygens (including phenoxy) is 1. The molecule has 3 heteroatoms. The van der Waals surface area contributed by atoms with Crippen LogP contribution in [0.1, 0.15) is 19.8 Å². The van der Waals surface area contributed by atoms with Crippen molar-refractivity contribution < 1.29 is 4.74 Å². The van der Waals surface area contributed by atoms with E-state index in [1.807, 2.05) is 30.3 Å². The summed E-state index contributed by atoms with van der Waals surface area (Å²) >= 11 is 6.35. The lowest BCUT2D eigenvalue weighted by molar-refractivity contribution is 0.217. The van der Waals surface area contributed by atoms with E-state index in [1.165, 1.54) is 12.8 Å². The average Bonchev–Trinajstić information content (AvgIpc) is 3.32. The summed E-state index contributed by atoms with van der Waals surface area (Å²) in [7, 11) is 0. The van der Waals surface area contributed by atoms with Crippen molar-refractivity contribution in [1.82, 2.24) is 5.32 Å². The van der Waals surface area contributed by atoms with E-state index in [0.717, 1.165) is 23.4 Å². The molecule has 0 radical (unpaired) electrons. The Morgan fingerprint density at radius 2 is 1.90 bits per heavy atom. The minimum atomic E-state index is 0.116. The first-order valence-corrected chi connectivity index (χ1v) is 7.85. The molecular weight excluding hydrogens is 282 g/mol. The first-order chi connectivity index (χ1) is 10.2. The molecule has 0 aliphatic heterocycles. The third-order valence-electron chi connectivity index (χ3n) is 3.64. The molecule has 1 aliphatic rings. The van der Waals surface area contributed by atoms with Crippen LogP contribution in [0.2, 0.25) is 5.02 Å². The number of rotatable bonds is 6. The molecule has 1 unspecified atom stereocenters. The zero-order chi connectivity index (χ0) is 14.7. The highest BCUT2D eigenvalue weighted by Crippen LogP contribution is 2.31. The van der Waals surface area contributed by atoms with Crippen LogP contribution >= 0.6 is 11.6 Å². The van der Waals surface area contributed by atoms with Gasteiger partial charge in [-0.2, -0.15) is 0 Å². The lowest BCUT2D eigenvalue weighted by atomic mass is 10.1. The van der Waals surface area contributed by atoms with Gasteiger partial charge in [0, 0.05) is 12.6 Å². The molecule has 0 heterocycles. The van der Waals surface area contributed by atoms with Gasteiger partial charge in [0.1, 0.15) is 11.9 Å². The zero-order valence-electron chi connectivity index (χ0n) is 12.2. The number of halogens is 1. The van der Waals surface area contributed by atoms with Crippen LogP contribution in [-0.2, 0) is 0 Å². The smallest absolute Gasteiger partial charge is 0.138 e. The van der Waals surface area contributed by atoms with E-state index in [4.69, 9.17) is 16.3 Å². The molecule has 1 N–H and O–H groups in total. The maximum Gasteiger partial charge on any atom is 0.138 e. The Balaban J connectivity index is 1.66. The molecule has 1 atom stereocenters. The summed E-state index contributed by atoms with van der Waals surface area (Å²) in [6, 6.07) is 16.9. The Bertz CT molecular complexity index is 595. The molecule has 2 aromatic carbocycles. The molecule has 1 aliphatic carbocycles. The Kier molecular flexibility index (Phi) is 4.47. The maximum absolute atomic E-state index is 6.35. The Labute approximate surface area is 131 Å². The molecule has 0 spiro atoms. The number of hydrogen-bond donors (Lipinski definition) is 1. The van der Waals surface area contributed by atoms with Gasteiger partial charge in [-0.05, 0) is 43.0 Å². The molecule has 0 bridgehead atoms. The fourth-order valence-corrected chi connectivity index (χ4v) is 2.51. The van der Waals surface area contributed by atoms with Crippen molar-refractivity contribution in [3.05, 3.63) is 53.6 Å². The molecule has 21 heavy (non-hydrogen) atoms. The summed E-state index contributed by atoms with van der Waals surface area (Å²) in [6.45, 7) is 2.93. The van der Waals surface area contributed by atoms with E-state index in [0.29, 0.717) is 11.1 Å². The third-order valence-corrected chi connectivity index (χ3v) is 3.93. The number of nitrogens with one attached hydrogen (secondary N) is 1. The van der Waals surface area contributed by atoms with Crippen LogP contribution in [0, 0.1) is 0 Å². The maximum atomic E-state index is 6.35. The monoisotopic (exact) mass is 301 g/mol. The first-order valence-electron chi connectivity index (χ1n) is 7.47. The summed E-state index contributed by atoms with van der Waals surface area (Å²) < 4.78 is 5.92. The van der Waals surface area contributed by atoms with Gasteiger partial charge in [0.05, 0.1) is 5.02 Å². The van der Waals surface area contributed by atoms with Crippen LogP contribution < -0.4 is 10.1 Å². The summed E-state index contributed by atoms with van der Waals surface area (Å²) in [6.07, 6.45) is 2.70. The van der Waals surface area contributed by atoms with E-state index in [1.54, 1.807) is 0 Å². The molecule has 3 rings (SSSR count). The first kappa shape index (κ1) is 14.4. The summed E-state index contributed by atoms with van der Waals surface area (Å²) in [5.74, 6) is 0.751. The van der Waals surface area contributed by atoms with Crippen molar-refractivity contribution in [1.29, 1.82) is 0 Å². The summed E-state index contributed by atoms with van der Waals surface area (Å²) in [5.41, 5.74) is 2.27.